The van der Waals surface area contributed by atoms with Crippen molar-refractivity contribution < 1.29 is 14.3 Å². The molecule has 0 radical (unpaired) electrons. The number of rotatable bonds is 5. The molecule has 2 aromatic rings. The van der Waals surface area contributed by atoms with Crippen molar-refractivity contribution in [1.82, 2.24) is 0 Å². The summed E-state index contributed by atoms with van der Waals surface area (Å²) in [5.74, 6) is -1.22. The summed E-state index contributed by atoms with van der Waals surface area (Å²) >= 11 is 7.45. The Hall–Kier alpha value is -2.49. The normalized spacial score (nSPS) is 9.88. The molecule has 2 aromatic carbocycles. The van der Waals surface area contributed by atoms with Gasteiger partial charge in [0.05, 0.1) is 21.8 Å². The van der Waals surface area contributed by atoms with E-state index >= 15 is 0 Å². The van der Waals surface area contributed by atoms with Gasteiger partial charge >= 0.3 is 5.97 Å². The first kappa shape index (κ1) is 17.9. The number of benzene rings is 2. The molecule has 5 nitrogen and oxygen atoms in total. The molecule has 0 saturated heterocycles. The monoisotopic (exact) mass is 360 g/mol. The van der Waals surface area contributed by atoms with Crippen LogP contribution in [0.2, 0.25) is 5.02 Å². The molecule has 0 aliphatic heterocycles. The van der Waals surface area contributed by atoms with E-state index in [9.17, 15) is 9.59 Å². The van der Waals surface area contributed by atoms with Crippen LogP contribution in [0.15, 0.2) is 47.4 Å². The second-order valence-electron chi connectivity index (χ2n) is 4.63. The van der Waals surface area contributed by atoms with E-state index in [0.717, 1.165) is 4.90 Å². The van der Waals surface area contributed by atoms with Gasteiger partial charge in [-0.3, -0.25) is 4.79 Å². The number of ether oxygens (including phenoxy) is 1. The molecule has 0 unspecified atom stereocenters. The number of amides is 1. The van der Waals surface area contributed by atoms with E-state index < -0.39 is 18.5 Å². The van der Waals surface area contributed by atoms with Gasteiger partial charge < -0.3 is 10.1 Å². The first-order valence-corrected chi connectivity index (χ1v) is 8.45. The first-order chi connectivity index (χ1) is 11.5. The van der Waals surface area contributed by atoms with Crippen molar-refractivity contribution in [2.24, 2.45) is 0 Å². The van der Waals surface area contributed by atoms with Gasteiger partial charge in [-0.2, -0.15) is 5.26 Å². The van der Waals surface area contributed by atoms with Crippen LogP contribution in [0.5, 0.6) is 0 Å². The number of hydrogen-bond donors (Lipinski definition) is 1. The van der Waals surface area contributed by atoms with Crippen molar-refractivity contribution >= 4 is 40.9 Å². The topological polar surface area (TPSA) is 79.2 Å². The summed E-state index contributed by atoms with van der Waals surface area (Å²) in [6, 6.07) is 13.5. The lowest BCUT2D eigenvalue weighted by Gasteiger charge is -2.09. The maximum Gasteiger partial charge on any atom is 0.340 e. The molecule has 0 atom stereocenters. The van der Waals surface area contributed by atoms with Crippen LogP contribution in [0.1, 0.15) is 15.9 Å². The fourth-order valence-electron chi connectivity index (χ4n) is 1.87. The van der Waals surface area contributed by atoms with Gasteiger partial charge in [0.2, 0.25) is 0 Å². The predicted octanol–water partition coefficient (Wildman–Crippen LogP) is 3.73. The molecule has 1 N–H and O–H groups in total. The van der Waals surface area contributed by atoms with Crippen molar-refractivity contribution in [1.29, 1.82) is 5.26 Å². The zero-order valence-electron chi connectivity index (χ0n) is 12.7. The van der Waals surface area contributed by atoms with E-state index in [0.29, 0.717) is 11.3 Å². The molecular formula is C17H13ClN2O3S. The second-order valence-corrected chi connectivity index (χ2v) is 5.91. The number of anilines is 1. The number of nitriles is 1. The van der Waals surface area contributed by atoms with Crippen LogP contribution >= 0.6 is 23.4 Å². The molecule has 0 fully saturated rings. The molecule has 0 aliphatic rings. The Kier molecular flexibility index (Phi) is 6.24. The molecule has 0 spiro atoms. The molecule has 0 heterocycles. The minimum Gasteiger partial charge on any atom is -0.452 e. The number of esters is 1. The number of para-hydroxylation sites is 1. The van der Waals surface area contributed by atoms with Gasteiger partial charge in [-0.1, -0.05) is 23.7 Å². The smallest absolute Gasteiger partial charge is 0.340 e. The van der Waals surface area contributed by atoms with Gasteiger partial charge in [-0.05, 0) is 36.6 Å². The van der Waals surface area contributed by atoms with Crippen LogP contribution in [0.4, 0.5) is 5.69 Å². The van der Waals surface area contributed by atoms with Crippen LogP contribution in [0.25, 0.3) is 0 Å². The average Bonchev–Trinajstić information content (AvgIpc) is 2.60. The third-order valence-corrected chi connectivity index (χ3v) is 4.10. The van der Waals surface area contributed by atoms with Crippen molar-refractivity contribution in [2.75, 3.05) is 18.2 Å². The van der Waals surface area contributed by atoms with Crippen molar-refractivity contribution in [3.8, 4) is 6.07 Å². The highest BCUT2D eigenvalue weighted by Crippen LogP contribution is 2.23. The van der Waals surface area contributed by atoms with Crippen LogP contribution in [-0.2, 0) is 9.53 Å². The van der Waals surface area contributed by atoms with E-state index in [1.807, 2.05) is 12.3 Å². The second kappa shape index (κ2) is 8.39. The summed E-state index contributed by atoms with van der Waals surface area (Å²) in [5, 5.41) is 11.8. The highest BCUT2D eigenvalue weighted by Gasteiger charge is 2.15. The SMILES string of the molecule is CSc1ccc(Cl)c(C(=O)OCC(=O)Nc2ccccc2C#N)c1. The van der Waals surface area contributed by atoms with Crippen molar-refractivity contribution in [2.45, 2.75) is 4.90 Å². The Morgan fingerprint density at radius 2 is 2.04 bits per heavy atom. The molecular weight excluding hydrogens is 348 g/mol. The molecule has 24 heavy (non-hydrogen) atoms. The summed E-state index contributed by atoms with van der Waals surface area (Å²) in [5.41, 5.74) is 0.894. The summed E-state index contributed by atoms with van der Waals surface area (Å²) in [4.78, 5) is 24.8. The van der Waals surface area contributed by atoms with Crippen LogP contribution < -0.4 is 5.32 Å². The standard InChI is InChI=1S/C17H13ClN2O3S/c1-24-12-6-7-14(18)13(8-12)17(22)23-10-16(21)20-15-5-3-2-4-11(15)9-19/h2-8H,10H2,1H3,(H,20,21). The summed E-state index contributed by atoms with van der Waals surface area (Å²) in [7, 11) is 0. The summed E-state index contributed by atoms with van der Waals surface area (Å²) in [6.07, 6.45) is 1.87. The number of nitrogens with zero attached hydrogens (tertiary/aromatic N) is 1. The molecule has 0 saturated carbocycles. The number of carbonyl (C=O) groups excluding carboxylic acids is 2. The lowest BCUT2D eigenvalue weighted by atomic mass is 10.2. The molecule has 0 aliphatic carbocycles. The predicted molar refractivity (Wildman–Crippen MR) is 93.3 cm³/mol. The highest BCUT2D eigenvalue weighted by molar-refractivity contribution is 7.98. The van der Waals surface area contributed by atoms with E-state index in [2.05, 4.69) is 5.32 Å². The number of nitrogens with one attached hydrogen (secondary N) is 1. The van der Waals surface area contributed by atoms with E-state index in [4.69, 9.17) is 21.6 Å². The number of thioether (sulfide) groups is 1. The quantitative estimate of drug-likeness (QED) is 0.649. The minimum absolute atomic E-state index is 0.203. The van der Waals surface area contributed by atoms with E-state index in [-0.39, 0.29) is 10.6 Å². The Morgan fingerprint density at radius 3 is 2.75 bits per heavy atom. The largest absolute Gasteiger partial charge is 0.452 e. The molecule has 122 valence electrons. The molecule has 0 aromatic heterocycles. The zero-order valence-corrected chi connectivity index (χ0v) is 14.3. The lowest BCUT2D eigenvalue weighted by molar-refractivity contribution is -0.119. The van der Waals surface area contributed by atoms with E-state index in [1.54, 1.807) is 42.5 Å². The van der Waals surface area contributed by atoms with Crippen molar-refractivity contribution in [3.63, 3.8) is 0 Å². The fraction of sp³-hybridized carbons (Fsp3) is 0.118. The number of halogens is 1. The molecule has 1 amide bonds. The third-order valence-electron chi connectivity index (χ3n) is 3.05. The zero-order chi connectivity index (χ0) is 17.5. The van der Waals surface area contributed by atoms with Crippen LogP contribution in [0.3, 0.4) is 0 Å². The van der Waals surface area contributed by atoms with Gasteiger partial charge in [0.15, 0.2) is 6.61 Å². The lowest BCUT2D eigenvalue weighted by Crippen LogP contribution is -2.21. The molecule has 0 bridgehead atoms. The third kappa shape index (κ3) is 4.51. The number of carbonyl (C=O) groups is 2. The maximum absolute atomic E-state index is 12.1. The van der Waals surface area contributed by atoms with Gasteiger partial charge in [-0.15, -0.1) is 11.8 Å². The van der Waals surface area contributed by atoms with Gasteiger partial charge in [-0.25, -0.2) is 4.79 Å². The van der Waals surface area contributed by atoms with Gasteiger partial charge in [0.25, 0.3) is 5.91 Å². The highest BCUT2D eigenvalue weighted by atomic mass is 35.5. The summed E-state index contributed by atoms with van der Waals surface area (Å²) in [6.45, 7) is -0.474. The Balaban J connectivity index is 1.99. The summed E-state index contributed by atoms with van der Waals surface area (Å²) < 4.78 is 4.99. The Bertz CT molecular complexity index is 818. The molecule has 2 rings (SSSR count). The van der Waals surface area contributed by atoms with Crippen molar-refractivity contribution in [3.05, 3.63) is 58.6 Å². The van der Waals surface area contributed by atoms with E-state index in [1.165, 1.54) is 11.8 Å². The fourth-order valence-corrected chi connectivity index (χ4v) is 2.51. The van der Waals surface area contributed by atoms with Gasteiger partial charge in [0, 0.05) is 4.90 Å². The first-order valence-electron chi connectivity index (χ1n) is 6.84. The van der Waals surface area contributed by atoms with Crippen LogP contribution in [-0.4, -0.2) is 24.7 Å². The maximum atomic E-state index is 12.1. The van der Waals surface area contributed by atoms with Crippen LogP contribution in [0, 0.1) is 11.3 Å². The number of hydrogen-bond acceptors (Lipinski definition) is 5. The Morgan fingerprint density at radius 1 is 1.29 bits per heavy atom. The average molecular weight is 361 g/mol. The van der Waals surface area contributed by atoms with Gasteiger partial charge in [0.1, 0.15) is 6.07 Å². The minimum atomic E-state index is -0.681. The molecule has 7 heteroatoms. The Labute approximate surface area is 148 Å².